The van der Waals surface area contributed by atoms with Crippen molar-refractivity contribution < 1.29 is 27.5 Å². The summed E-state index contributed by atoms with van der Waals surface area (Å²) >= 11 is 18.7. The number of hydrogen-bond donors (Lipinski definition) is 1. The number of carbonyl (C=O) groups excluding carboxylic acids is 2. The second kappa shape index (κ2) is 17.6. The summed E-state index contributed by atoms with van der Waals surface area (Å²) in [4.78, 5) is 29.8. The van der Waals surface area contributed by atoms with E-state index in [9.17, 15) is 18.0 Å². The zero-order chi connectivity index (χ0) is 35.6. The van der Waals surface area contributed by atoms with Crippen LogP contribution in [0.2, 0.25) is 15.1 Å². The molecule has 0 aliphatic rings. The molecule has 4 aromatic carbocycles. The third-order valence-electron chi connectivity index (χ3n) is 7.77. The molecule has 0 spiro atoms. The number of halogens is 3. The molecule has 2 amide bonds. The number of methoxy groups -OCH3 is 2. The maximum atomic E-state index is 14.6. The highest BCUT2D eigenvalue weighted by Gasteiger charge is 2.35. The Kier molecular flexibility index (Phi) is 13.6. The average Bonchev–Trinajstić information content (AvgIpc) is 3.10. The van der Waals surface area contributed by atoms with Crippen LogP contribution in [0, 0.1) is 0 Å². The summed E-state index contributed by atoms with van der Waals surface area (Å²) in [6, 6.07) is 23.5. The summed E-state index contributed by atoms with van der Waals surface area (Å²) in [5.74, 6) is -0.469. The first-order valence-electron chi connectivity index (χ1n) is 15.5. The fraction of sp³-hybridized carbons (Fsp3) is 0.278. The summed E-state index contributed by atoms with van der Waals surface area (Å²) in [5.41, 5.74) is 1.61. The van der Waals surface area contributed by atoms with Gasteiger partial charge in [-0.15, -0.1) is 0 Å². The van der Waals surface area contributed by atoms with Crippen LogP contribution < -0.4 is 19.1 Å². The van der Waals surface area contributed by atoms with Crippen LogP contribution in [0.15, 0.2) is 95.9 Å². The summed E-state index contributed by atoms with van der Waals surface area (Å²) in [6.45, 7) is 1.73. The Labute approximate surface area is 302 Å². The molecule has 0 radical (unpaired) electrons. The minimum Gasteiger partial charge on any atom is -0.493 e. The zero-order valence-corrected chi connectivity index (χ0v) is 30.5. The molecule has 0 bridgehead atoms. The van der Waals surface area contributed by atoms with Gasteiger partial charge in [0.1, 0.15) is 12.6 Å². The van der Waals surface area contributed by atoms with E-state index in [0.29, 0.717) is 27.9 Å². The van der Waals surface area contributed by atoms with Crippen molar-refractivity contribution in [2.45, 2.75) is 43.7 Å². The van der Waals surface area contributed by atoms with Gasteiger partial charge in [0, 0.05) is 30.6 Å². The van der Waals surface area contributed by atoms with Crippen LogP contribution in [0.5, 0.6) is 11.5 Å². The molecule has 0 fully saturated rings. The Morgan fingerprint density at radius 3 is 2.14 bits per heavy atom. The monoisotopic (exact) mass is 745 g/mol. The lowest BCUT2D eigenvalue weighted by Gasteiger charge is -2.34. The Balaban J connectivity index is 1.82. The van der Waals surface area contributed by atoms with Crippen molar-refractivity contribution in [3.8, 4) is 11.5 Å². The quantitative estimate of drug-likeness (QED) is 0.120. The van der Waals surface area contributed by atoms with E-state index < -0.39 is 28.5 Å². The smallest absolute Gasteiger partial charge is 0.264 e. The minimum absolute atomic E-state index is 0.0563. The average molecular weight is 747 g/mol. The topological polar surface area (TPSA) is 105 Å². The van der Waals surface area contributed by atoms with E-state index in [2.05, 4.69) is 5.32 Å². The van der Waals surface area contributed by atoms with Gasteiger partial charge in [-0.2, -0.15) is 0 Å². The van der Waals surface area contributed by atoms with E-state index in [4.69, 9.17) is 44.3 Å². The first-order chi connectivity index (χ1) is 23.5. The molecule has 0 aliphatic carbocycles. The minimum atomic E-state index is -4.39. The number of rotatable bonds is 16. The van der Waals surface area contributed by atoms with Crippen molar-refractivity contribution in [2.75, 3.05) is 31.6 Å². The van der Waals surface area contributed by atoms with Gasteiger partial charge in [0.05, 0.1) is 34.8 Å². The number of benzene rings is 4. The third kappa shape index (κ3) is 9.82. The van der Waals surface area contributed by atoms with Crippen LogP contribution in [0.4, 0.5) is 5.69 Å². The number of carbonyl (C=O) groups is 2. The van der Waals surface area contributed by atoms with Crippen LogP contribution in [0.1, 0.15) is 30.9 Å². The predicted molar refractivity (Wildman–Crippen MR) is 194 cm³/mol. The second-order valence-corrected chi connectivity index (χ2v) is 14.2. The second-order valence-electron chi connectivity index (χ2n) is 11.1. The molecule has 0 aliphatic heterocycles. The number of sulfonamides is 1. The van der Waals surface area contributed by atoms with Crippen LogP contribution >= 0.6 is 34.8 Å². The van der Waals surface area contributed by atoms with Crippen LogP contribution in [-0.2, 0) is 32.6 Å². The van der Waals surface area contributed by atoms with Gasteiger partial charge in [-0.25, -0.2) is 8.42 Å². The highest BCUT2D eigenvalue weighted by atomic mass is 35.5. The lowest BCUT2D eigenvalue weighted by molar-refractivity contribution is -0.140. The van der Waals surface area contributed by atoms with Crippen LogP contribution in [-0.4, -0.2) is 58.5 Å². The van der Waals surface area contributed by atoms with Gasteiger partial charge in [0.2, 0.25) is 11.8 Å². The molecule has 49 heavy (non-hydrogen) atoms. The van der Waals surface area contributed by atoms with Crippen molar-refractivity contribution in [3.05, 3.63) is 117 Å². The van der Waals surface area contributed by atoms with Gasteiger partial charge < -0.3 is 19.7 Å². The first-order valence-corrected chi connectivity index (χ1v) is 18.1. The number of nitrogens with zero attached hydrogens (tertiary/aromatic N) is 2. The lowest BCUT2D eigenvalue weighted by atomic mass is 10.0. The van der Waals surface area contributed by atoms with Crippen molar-refractivity contribution in [2.24, 2.45) is 0 Å². The molecule has 1 N–H and O–H groups in total. The molecule has 4 rings (SSSR count). The molecule has 4 aromatic rings. The van der Waals surface area contributed by atoms with E-state index in [0.717, 1.165) is 22.7 Å². The highest BCUT2D eigenvalue weighted by molar-refractivity contribution is 7.92. The van der Waals surface area contributed by atoms with Gasteiger partial charge in [0.25, 0.3) is 10.0 Å². The number of anilines is 1. The summed E-state index contributed by atoms with van der Waals surface area (Å²) in [5, 5.41) is 3.95. The maximum Gasteiger partial charge on any atom is 0.264 e. The fourth-order valence-corrected chi connectivity index (χ4v) is 7.01. The molecule has 260 valence electrons. The van der Waals surface area contributed by atoms with Crippen molar-refractivity contribution >= 4 is 62.3 Å². The van der Waals surface area contributed by atoms with Gasteiger partial charge in [-0.3, -0.25) is 13.9 Å². The van der Waals surface area contributed by atoms with Gasteiger partial charge >= 0.3 is 0 Å². The molecule has 0 saturated heterocycles. The largest absolute Gasteiger partial charge is 0.493 e. The lowest BCUT2D eigenvalue weighted by Crippen LogP contribution is -2.53. The number of nitrogens with one attached hydrogen (secondary N) is 1. The summed E-state index contributed by atoms with van der Waals surface area (Å²) in [6.07, 6.45) is 1.79. The van der Waals surface area contributed by atoms with Gasteiger partial charge in [-0.1, -0.05) is 84.5 Å². The van der Waals surface area contributed by atoms with E-state index in [1.807, 2.05) is 37.3 Å². The standard InChI is InChI=1S/C36H38Cl3N3O6S/c1-4-5-19-40-36(44)32(21-25-9-7-6-8-10-25)41(23-26-11-17-30(38)31(39)20-26)35(43)24-42(28-14-12-27(37)13-15-28)49(45,46)29-16-18-33(47-2)34(22-29)48-3/h6-18,20,22,32H,4-5,19,21,23-24H2,1-3H3,(H,40,44)/t32-/m1/s1. The molecule has 9 nitrogen and oxygen atoms in total. The van der Waals surface area contributed by atoms with E-state index in [1.165, 1.54) is 61.6 Å². The first kappa shape index (κ1) is 37.9. The molecule has 0 aromatic heterocycles. The van der Waals surface area contributed by atoms with E-state index >= 15 is 0 Å². The Hall–Kier alpha value is -3.96. The van der Waals surface area contributed by atoms with Crippen molar-refractivity contribution in [1.82, 2.24) is 10.2 Å². The van der Waals surface area contributed by atoms with E-state index in [-0.39, 0.29) is 40.2 Å². The number of hydrogen-bond acceptors (Lipinski definition) is 6. The fourth-order valence-electron chi connectivity index (χ4n) is 5.14. The third-order valence-corrected chi connectivity index (χ3v) is 10.5. The number of amides is 2. The molecule has 0 unspecified atom stereocenters. The highest BCUT2D eigenvalue weighted by Crippen LogP contribution is 2.33. The molecular formula is C36H38Cl3N3O6S. The van der Waals surface area contributed by atoms with Crippen molar-refractivity contribution in [3.63, 3.8) is 0 Å². The zero-order valence-electron chi connectivity index (χ0n) is 27.4. The van der Waals surface area contributed by atoms with Gasteiger partial charge in [0.15, 0.2) is 11.5 Å². The van der Waals surface area contributed by atoms with E-state index in [1.54, 1.807) is 18.2 Å². The number of unbranched alkanes of at least 4 members (excludes halogenated alkanes) is 1. The summed E-state index contributed by atoms with van der Waals surface area (Å²) < 4.78 is 40.4. The normalized spacial score (nSPS) is 11.8. The molecular weight excluding hydrogens is 709 g/mol. The SMILES string of the molecule is CCCCNC(=O)[C@@H](Cc1ccccc1)N(Cc1ccc(Cl)c(Cl)c1)C(=O)CN(c1ccc(Cl)cc1)S(=O)(=O)c1ccc(OC)c(OC)c1. The molecule has 1 atom stereocenters. The summed E-state index contributed by atoms with van der Waals surface area (Å²) in [7, 11) is -1.55. The van der Waals surface area contributed by atoms with Gasteiger partial charge in [-0.05, 0) is 66.1 Å². The van der Waals surface area contributed by atoms with Crippen LogP contribution in [0.25, 0.3) is 0 Å². The maximum absolute atomic E-state index is 14.6. The molecule has 0 saturated carbocycles. The Bertz CT molecular complexity index is 1840. The molecule has 13 heteroatoms. The van der Waals surface area contributed by atoms with Crippen LogP contribution in [0.3, 0.4) is 0 Å². The molecule has 0 heterocycles. The van der Waals surface area contributed by atoms with Crippen molar-refractivity contribution in [1.29, 1.82) is 0 Å². The predicted octanol–water partition coefficient (Wildman–Crippen LogP) is 7.42. The number of ether oxygens (including phenoxy) is 2. The Morgan fingerprint density at radius 1 is 0.816 bits per heavy atom. The Morgan fingerprint density at radius 2 is 1.51 bits per heavy atom.